The van der Waals surface area contributed by atoms with Crippen LogP contribution in [0.3, 0.4) is 0 Å². The first kappa shape index (κ1) is 13.5. The van der Waals surface area contributed by atoms with Crippen molar-refractivity contribution in [3.8, 4) is 5.75 Å². The van der Waals surface area contributed by atoms with Gasteiger partial charge in [-0.2, -0.15) is 0 Å². The molecule has 1 amide bonds. The van der Waals surface area contributed by atoms with E-state index in [4.69, 9.17) is 4.74 Å². The van der Waals surface area contributed by atoms with Crippen molar-refractivity contribution < 1.29 is 9.53 Å². The maximum atomic E-state index is 12.2. The van der Waals surface area contributed by atoms with E-state index in [1.54, 1.807) is 24.4 Å². The van der Waals surface area contributed by atoms with Crippen LogP contribution >= 0.6 is 15.9 Å². The lowest BCUT2D eigenvalue weighted by Gasteiger charge is -2.09. The molecular formula is C14H13BrN2O2. The van der Waals surface area contributed by atoms with Gasteiger partial charge in [-0.3, -0.25) is 4.79 Å². The molecular weight excluding hydrogens is 308 g/mol. The summed E-state index contributed by atoms with van der Waals surface area (Å²) < 4.78 is 6.05. The molecule has 1 aromatic heterocycles. The molecule has 0 fully saturated rings. The Morgan fingerprint density at radius 2 is 2.11 bits per heavy atom. The molecule has 19 heavy (non-hydrogen) atoms. The highest BCUT2D eigenvalue weighted by Gasteiger charge is 2.13. The number of ether oxygens (including phenoxy) is 1. The molecule has 2 rings (SSSR count). The van der Waals surface area contributed by atoms with E-state index in [2.05, 4.69) is 26.2 Å². The Morgan fingerprint density at radius 3 is 2.79 bits per heavy atom. The summed E-state index contributed by atoms with van der Waals surface area (Å²) in [6.45, 7) is 1.94. The van der Waals surface area contributed by atoms with Crippen LogP contribution in [0, 0.1) is 6.92 Å². The van der Waals surface area contributed by atoms with Gasteiger partial charge in [-0.05, 0) is 42.8 Å². The lowest BCUT2D eigenvalue weighted by molar-refractivity contribution is 0.102. The quantitative estimate of drug-likeness (QED) is 0.942. The van der Waals surface area contributed by atoms with Crippen molar-refractivity contribution in [3.05, 3.63) is 52.1 Å². The summed E-state index contributed by atoms with van der Waals surface area (Å²) in [4.78, 5) is 16.3. The van der Waals surface area contributed by atoms with Gasteiger partial charge in [-0.1, -0.05) is 15.9 Å². The molecule has 0 unspecified atom stereocenters. The second-order valence-electron chi connectivity index (χ2n) is 4.02. The highest BCUT2D eigenvalue weighted by Crippen LogP contribution is 2.24. The summed E-state index contributed by atoms with van der Waals surface area (Å²) in [5, 5.41) is 2.75. The zero-order valence-corrected chi connectivity index (χ0v) is 12.2. The molecule has 0 radical (unpaired) electrons. The Hall–Kier alpha value is -1.88. The molecule has 98 valence electrons. The summed E-state index contributed by atoms with van der Waals surface area (Å²) in [5.41, 5.74) is 1.50. The minimum absolute atomic E-state index is 0.248. The fourth-order valence-corrected chi connectivity index (χ4v) is 1.98. The molecule has 2 aromatic rings. The zero-order chi connectivity index (χ0) is 13.8. The van der Waals surface area contributed by atoms with Crippen LogP contribution in [0.4, 0.5) is 5.82 Å². The number of methoxy groups -OCH3 is 1. The second-order valence-corrected chi connectivity index (χ2v) is 4.93. The van der Waals surface area contributed by atoms with Crippen LogP contribution in [-0.2, 0) is 0 Å². The number of benzene rings is 1. The Morgan fingerprint density at radius 1 is 1.32 bits per heavy atom. The average molecular weight is 321 g/mol. The van der Waals surface area contributed by atoms with Crippen LogP contribution in [0.5, 0.6) is 5.75 Å². The van der Waals surface area contributed by atoms with Gasteiger partial charge in [0.2, 0.25) is 0 Å². The van der Waals surface area contributed by atoms with Crippen LogP contribution in [-0.4, -0.2) is 18.0 Å². The number of carbonyl (C=O) groups is 1. The van der Waals surface area contributed by atoms with Gasteiger partial charge >= 0.3 is 0 Å². The Labute approximate surface area is 119 Å². The number of halogens is 1. The van der Waals surface area contributed by atoms with Crippen LogP contribution in [0.2, 0.25) is 0 Å². The minimum atomic E-state index is -0.248. The predicted octanol–water partition coefficient (Wildman–Crippen LogP) is 3.41. The number of anilines is 1. The minimum Gasteiger partial charge on any atom is -0.496 e. The summed E-state index contributed by atoms with van der Waals surface area (Å²) in [6, 6.07) is 8.92. The molecule has 4 nitrogen and oxygen atoms in total. The summed E-state index contributed by atoms with van der Waals surface area (Å²) >= 11 is 3.34. The highest BCUT2D eigenvalue weighted by atomic mass is 79.9. The van der Waals surface area contributed by atoms with Gasteiger partial charge in [-0.25, -0.2) is 4.98 Å². The molecule has 0 aliphatic carbocycles. The van der Waals surface area contributed by atoms with Gasteiger partial charge in [0.1, 0.15) is 11.6 Å². The first-order valence-corrected chi connectivity index (χ1v) is 6.47. The van der Waals surface area contributed by atoms with Crippen molar-refractivity contribution in [2.45, 2.75) is 6.92 Å². The van der Waals surface area contributed by atoms with Crippen molar-refractivity contribution in [3.63, 3.8) is 0 Å². The molecule has 5 heteroatoms. The van der Waals surface area contributed by atoms with E-state index in [0.717, 1.165) is 10.0 Å². The number of carbonyl (C=O) groups excluding carboxylic acids is 1. The molecule has 0 saturated heterocycles. The predicted molar refractivity (Wildman–Crippen MR) is 77.6 cm³/mol. The molecule has 0 atom stereocenters. The van der Waals surface area contributed by atoms with Crippen molar-refractivity contribution in [1.29, 1.82) is 0 Å². The smallest absolute Gasteiger partial charge is 0.260 e. The number of aromatic nitrogens is 1. The normalized spacial score (nSPS) is 10.1. The topological polar surface area (TPSA) is 51.2 Å². The lowest BCUT2D eigenvalue weighted by atomic mass is 10.2. The molecule has 0 spiro atoms. The average Bonchev–Trinajstić information content (AvgIpc) is 2.38. The first-order valence-electron chi connectivity index (χ1n) is 5.67. The Kier molecular flexibility index (Phi) is 4.16. The monoisotopic (exact) mass is 320 g/mol. The van der Waals surface area contributed by atoms with Gasteiger partial charge in [-0.15, -0.1) is 0 Å². The number of aryl methyl sites for hydroxylation is 1. The van der Waals surface area contributed by atoms with E-state index in [1.807, 2.05) is 19.1 Å². The molecule has 0 bridgehead atoms. The number of nitrogens with zero attached hydrogens (tertiary/aromatic N) is 1. The molecule has 0 aliphatic rings. The summed E-state index contributed by atoms with van der Waals surface area (Å²) in [6.07, 6.45) is 1.66. The fourth-order valence-electron chi connectivity index (χ4n) is 1.64. The molecule has 0 aliphatic heterocycles. The van der Waals surface area contributed by atoms with Gasteiger partial charge in [0.25, 0.3) is 5.91 Å². The molecule has 1 heterocycles. The van der Waals surface area contributed by atoms with Crippen molar-refractivity contribution >= 4 is 27.7 Å². The van der Waals surface area contributed by atoms with Crippen LogP contribution < -0.4 is 10.1 Å². The van der Waals surface area contributed by atoms with Gasteiger partial charge < -0.3 is 10.1 Å². The number of hydrogen-bond acceptors (Lipinski definition) is 3. The molecule has 1 aromatic carbocycles. The Bertz CT molecular complexity index is 614. The van der Waals surface area contributed by atoms with Crippen molar-refractivity contribution in [2.24, 2.45) is 0 Å². The summed E-state index contributed by atoms with van der Waals surface area (Å²) in [5.74, 6) is 0.789. The van der Waals surface area contributed by atoms with Gasteiger partial charge in [0.05, 0.1) is 12.7 Å². The standard InChI is InChI=1S/C14H13BrN2O2/c1-9-5-6-16-13(7-9)17-14(18)11-4-3-10(15)8-12(11)19-2/h3-8H,1-2H3,(H,16,17,18). The van der Waals surface area contributed by atoms with Crippen molar-refractivity contribution in [2.75, 3.05) is 12.4 Å². The van der Waals surface area contributed by atoms with E-state index in [0.29, 0.717) is 17.1 Å². The SMILES string of the molecule is COc1cc(Br)ccc1C(=O)Nc1cc(C)ccn1. The third kappa shape index (κ3) is 3.32. The van der Waals surface area contributed by atoms with E-state index in [1.165, 1.54) is 7.11 Å². The second kappa shape index (κ2) is 5.84. The van der Waals surface area contributed by atoms with E-state index < -0.39 is 0 Å². The van der Waals surface area contributed by atoms with E-state index >= 15 is 0 Å². The zero-order valence-electron chi connectivity index (χ0n) is 10.6. The summed E-state index contributed by atoms with van der Waals surface area (Å²) in [7, 11) is 1.53. The first-order chi connectivity index (χ1) is 9.10. The highest BCUT2D eigenvalue weighted by molar-refractivity contribution is 9.10. The van der Waals surface area contributed by atoms with Gasteiger partial charge in [0, 0.05) is 10.7 Å². The number of pyridine rings is 1. The van der Waals surface area contributed by atoms with Crippen LogP contribution in [0.15, 0.2) is 41.0 Å². The Balaban J connectivity index is 2.25. The molecule has 1 N–H and O–H groups in total. The van der Waals surface area contributed by atoms with Crippen molar-refractivity contribution in [1.82, 2.24) is 4.98 Å². The molecule has 0 saturated carbocycles. The van der Waals surface area contributed by atoms with Crippen LogP contribution in [0.1, 0.15) is 15.9 Å². The third-order valence-electron chi connectivity index (χ3n) is 2.57. The van der Waals surface area contributed by atoms with E-state index in [-0.39, 0.29) is 5.91 Å². The van der Waals surface area contributed by atoms with Crippen LogP contribution in [0.25, 0.3) is 0 Å². The number of nitrogens with one attached hydrogen (secondary N) is 1. The van der Waals surface area contributed by atoms with Gasteiger partial charge in [0.15, 0.2) is 0 Å². The number of hydrogen-bond donors (Lipinski definition) is 1. The maximum Gasteiger partial charge on any atom is 0.260 e. The third-order valence-corrected chi connectivity index (χ3v) is 3.06. The number of rotatable bonds is 3. The lowest BCUT2D eigenvalue weighted by Crippen LogP contribution is -2.14. The fraction of sp³-hybridized carbons (Fsp3) is 0.143. The van der Waals surface area contributed by atoms with E-state index in [9.17, 15) is 4.79 Å². The number of amides is 1. The maximum absolute atomic E-state index is 12.2. The largest absolute Gasteiger partial charge is 0.496 e.